The van der Waals surface area contributed by atoms with Crippen LogP contribution >= 0.6 is 0 Å². The zero-order chi connectivity index (χ0) is 24.6. The number of nitrogens with zero attached hydrogens (tertiary/aromatic N) is 1. The van der Waals surface area contributed by atoms with E-state index in [1.165, 1.54) is 23.8 Å². The Morgan fingerprint density at radius 3 is 1.97 bits per heavy atom. The highest BCUT2D eigenvalue weighted by atomic mass is 19.1. The topological polar surface area (TPSA) is 55.7 Å². The summed E-state index contributed by atoms with van der Waals surface area (Å²) in [6, 6.07) is 23.4. The van der Waals surface area contributed by atoms with Crippen LogP contribution in [0, 0.1) is 11.6 Å². The van der Waals surface area contributed by atoms with Gasteiger partial charge in [-0.15, -0.1) is 0 Å². The third-order valence-corrected chi connectivity index (χ3v) is 6.92. The molecule has 2 saturated heterocycles. The van der Waals surface area contributed by atoms with Gasteiger partial charge in [-0.25, -0.2) is 8.78 Å². The number of halogens is 2. The number of hydrogen-bond acceptors (Lipinski definition) is 4. The van der Waals surface area contributed by atoms with Crippen LogP contribution in [0.1, 0.15) is 41.4 Å². The molecule has 0 radical (unpaired) electrons. The summed E-state index contributed by atoms with van der Waals surface area (Å²) in [6.07, 6.45) is 0.886. The van der Waals surface area contributed by atoms with E-state index in [1.54, 1.807) is 18.2 Å². The third-order valence-electron chi connectivity index (χ3n) is 6.92. The van der Waals surface area contributed by atoms with Crippen molar-refractivity contribution in [3.05, 3.63) is 107 Å². The molecular formula is C29H34F2N2O2. The fourth-order valence-corrected chi connectivity index (χ4v) is 5.08. The highest BCUT2D eigenvalue weighted by Crippen LogP contribution is 2.29. The van der Waals surface area contributed by atoms with Crippen LogP contribution in [0.3, 0.4) is 0 Å². The molecule has 0 bridgehead atoms. The van der Waals surface area contributed by atoms with Crippen molar-refractivity contribution < 1.29 is 19.0 Å². The van der Waals surface area contributed by atoms with Crippen molar-refractivity contribution in [2.24, 2.45) is 0 Å². The molecule has 5 rings (SSSR count). The molecule has 0 saturated carbocycles. The Bertz CT molecular complexity index is 1070. The van der Waals surface area contributed by atoms with E-state index in [0.717, 1.165) is 43.6 Å². The molecule has 35 heavy (non-hydrogen) atoms. The highest BCUT2D eigenvalue weighted by Gasteiger charge is 2.29. The molecular weight excluding hydrogens is 446 g/mol. The summed E-state index contributed by atoms with van der Waals surface area (Å²) in [7, 11) is 0. The quantitative estimate of drug-likeness (QED) is 0.517. The van der Waals surface area contributed by atoms with Gasteiger partial charge in [0, 0.05) is 31.5 Å². The summed E-state index contributed by atoms with van der Waals surface area (Å²) in [5.41, 5.74) is 3.06. The van der Waals surface area contributed by atoms with Crippen LogP contribution in [-0.4, -0.2) is 53.5 Å². The smallest absolute Gasteiger partial charge is 0.123 e. The average Bonchev–Trinajstić information content (AvgIpc) is 2.85. The average molecular weight is 481 g/mol. The summed E-state index contributed by atoms with van der Waals surface area (Å²) in [5, 5.41) is 23.2. The molecule has 0 amide bonds. The highest BCUT2D eigenvalue weighted by molar-refractivity contribution is 5.24. The molecule has 2 heterocycles. The first kappa shape index (κ1) is 25.5. The Kier molecular flexibility index (Phi) is 8.99. The second-order valence-electron chi connectivity index (χ2n) is 9.46. The standard InChI is InChI=1S/C18H20FNO.C11H14FNO/c19-16-8-4-7-15(11-16)17-9-10-20(13-18(17)21)12-14-5-2-1-3-6-14;12-9-3-1-2-8(6-9)10-4-5-13-7-11(10)14/h1-8,11,17-18,21H,9-10,12-13H2;1-3,6,10-11,13-14H,4-5,7H2. The Balaban J connectivity index is 0.000000179. The molecule has 2 aliphatic heterocycles. The van der Waals surface area contributed by atoms with Crippen LogP contribution in [-0.2, 0) is 6.54 Å². The molecule has 3 aromatic rings. The number of aliphatic hydroxyl groups excluding tert-OH is 2. The van der Waals surface area contributed by atoms with Crippen LogP contribution in [0.25, 0.3) is 0 Å². The van der Waals surface area contributed by atoms with Gasteiger partial charge in [0.25, 0.3) is 0 Å². The van der Waals surface area contributed by atoms with Crippen LogP contribution in [0.2, 0.25) is 0 Å². The molecule has 0 aliphatic carbocycles. The molecule has 4 nitrogen and oxygen atoms in total. The van der Waals surface area contributed by atoms with Crippen molar-refractivity contribution in [2.45, 2.75) is 43.4 Å². The van der Waals surface area contributed by atoms with Gasteiger partial charge in [-0.2, -0.15) is 0 Å². The maximum atomic E-state index is 13.3. The van der Waals surface area contributed by atoms with Gasteiger partial charge in [-0.1, -0.05) is 54.6 Å². The number of aliphatic hydroxyl groups is 2. The molecule has 4 unspecified atom stereocenters. The summed E-state index contributed by atoms with van der Waals surface area (Å²) < 4.78 is 26.3. The van der Waals surface area contributed by atoms with Crippen LogP contribution in [0.4, 0.5) is 8.78 Å². The lowest BCUT2D eigenvalue weighted by Crippen LogP contribution is -2.42. The van der Waals surface area contributed by atoms with Crippen molar-refractivity contribution in [3.63, 3.8) is 0 Å². The van der Waals surface area contributed by atoms with Gasteiger partial charge in [-0.3, -0.25) is 4.90 Å². The second kappa shape index (κ2) is 12.4. The number of β-amino-alcohol motifs (C(OH)–C–C–N with tert-alkyl or cyclic N) is 2. The number of rotatable bonds is 4. The summed E-state index contributed by atoms with van der Waals surface area (Å²) in [6.45, 7) is 3.90. The lowest BCUT2D eigenvalue weighted by molar-refractivity contribution is 0.0476. The molecule has 6 heteroatoms. The predicted octanol–water partition coefficient (Wildman–Crippen LogP) is 4.44. The van der Waals surface area contributed by atoms with E-state index in [9.17, 15) is 19.0 Å². The van der Waals surface area contributed by atoms with E-state index < -0.39 is 12.2 Å². The minimum absolute atomic E-state index is 0.0349. The van der Waals surface area contributed by atoms with Gasteiger partial charge in [0.05, 0.1) is 12.2 Å². The number of nitrogens with one attached hydrogen (secondary N) is 1. The van der Waals surface area contributed by atoms with E-state index in [-0.39, 0.29) is 23.5 Å². The van der Waals surface area contributed by atoms with Crippen LogP contribution in [0.5, 0.6) is 0 Å². The molecule has 0 spiro atoms. The molecule has 3 N–H and O–H groups in total. The van der Waals surface area contributed by atoms with Gasteiger partial charge in [0.2, 0.25) is 0 Å². The molecule has 186 valence electrons. The van der Waals surface area contributed by atoms with Gasteiger partial charge in [-0.05, 0) is 66.9 Å². The Morgan fingerprint density at radius 1 is 0.771 bits per heavy atom. The Morgan fingerprint density at radius 2 is 1.40 bits per heavy atom. The molecule has 3 aromatic carbocycles. The predicted molar refractivity (Wildman–Crippen MR) is 134 cm³/mol. The molecule has 0 aromatic heterocycles. The van der Waals surface area contributed by atoms with Crippen molar-refractivity contribution >= 4 is 0 Å². The zero-order valence-electron chi connectivity index (χ0n) is 19.9. The number of likely N-dealkylation sites (tertiary alicyclic amines) is 1. The van der Waals surface area contributed by atoms with E-state index in [1.807, 2.05) is 30.3 Å². The van der Waals surface area contributed by atoms with Gasteiger partial charge in [0.15, 0.2) is 0 Å². The van der Waals surface area contributed by atoms with Crippen LogP contribution in [0.15, 0.2) is 78.9 Å². The number of piperidine rings is 2. The van der Waals surface area contributed by atoms with Crippen molar-refractivity contribution in [1.29, 1.82) is 0 Å². The molecule has 2 fully saturated rings. The van der Waals surface area contributed by atoms with Gasteiger partial charge >= 0.3 is 0 Å². The first-order chi connectivity index (χ1) is 17.0. The first-order valence-electron chi connectivity index (χ1n) is 12.3. The fourth-order valence-electron chi connectivity index (χ4n) is 5.08. The van der Waals surface area contributed by atoms with Crippen molar-refractivity contribution in [3.8, 4) is 0 Å². The zero-order valence-corrected chi connectivity index (χ0v) is 19.9. The maximum Gasteiger partial charge on any atom is 0.123 e. The Hall–Kier alpha value is -2.64. The van der Waals surface area contributed by atoms with E-state index in [2.05, 4.69) is 22.3 Å². The maximum absolute atomic E-state index is 13.3. The third kappa shape index (κ3) is 7.18. The lowest BCUT2D eigenvalue weighted by Gasteiger charge is -2.36. The van der Waals surface area contributed by atoms with E-state index >= 15 is 0 Å². The summed E-state index contributed by atoms with van der Waals surface area (Å²) in [4.78, 5) is 2.26. The normalized spacial score (nSPS) is 24.9. The Labute approximate surface area is 206 Å². The van der Waals surface area contributed by atoms with E-state index in [4.69, 9.17) is 0 Å². The summed E-state index contributed by atoms with van der Waals surface area (Å²) >= 11 is 0. The van der Waals surface area contributed by atoms with Crippen LogP contribution < -0.4 is 5.32 Å². The summed E-state index contributed by atoms with van der Waals surface area (Å²) in [5.74, 6) is -0.348. The largest absolute Gasteiger partial charge is 0.391 e. The fraction of sp³-hybridized carbons (Fsp3) is 0.379. The first-order valence-corrected chi connectivity index (χ1v) is 12.3. The lowest BCUT2D eigenvalue weighted by atomic mass is 9.87. The minimum Gasteiger partial charge on any atom is -0.391 e. The number of benzene rings is 3. The monoisotopic (exact) mass is 480 g/mol. The second-order valence-corrected chi connectivity index (χ2v) is 9.46. The van der Waals surface area contributed by atoms with Crippen molar-refractivity contribution in [1.82, 2.24) is 10.2 Å². The van der Waals surface area contributed by atoms with Gasteiger partial charge < -0.3 is 15.5 Å². The van der Waals surface area contributed by atoms with Crippen molar-refractivity contribution in [2.75, 3.05) is 26.2 Å². The number of hydrogen-bond donors (Lipinski definition) is 3. The van der Waals surface area contributed by atoms with Gasteiger partial charge in [0.1, 0.15) is 11.6 Å². The SMILES string of the molecule is OC1CN(Cc2ccccc2)CCC1c1cccc(F)c1.OC1CNCCC1c1cccc(F)c1. The molecule has 2 aliphatic rings. The van der Waals surface area contributed by atoms with E-state index in [0.29, 0.717) is 13.1 Å². The molecule has 4 atom stereocenters. The minimum atomic E-state index is -0.440.